The molecule has 5 heteroatoms. The Morgan fingerprint density at radius 3 is 2.04 bits per heavy atom. The lowest BCUT2D eigenvalue weighted by Gasteiger charge is -2.09. The quantitative estimate of drug-likeness (QED) is 0.432. The molecule has 0 saturated heterocycles. The molecule has 2 rings (SSSR count). The predicted octanol–water partition coefficient (Wildman–Crippen LogP) is 4.59. The predicted molar refractivity (Wildman–Crippen MR) is 96.9 cm³/mol. The highest BCUT2D eigenvalue weighted by Crippen LogP contribution is 2.25. The number of hydrogen-bond donors (Lipinski definition) is 0. The first-order chi connectivity index (χ1) is 12.3. The Bertz CT molecular complexity index is 866. The minimum Gasteiger partial charge on any atom is -0.457 e. The van der Waals surface area contributed by atoms with Crippen LogP contribution in [-0.4, -0.2) is 11.9 Å². The van der Waals surface area contributed by atoms with Crippen molar-refractivity contribution in [3.63, 3.8) is 0 Å². The zero-order valence-corrected chi connectivity index (χ0v) is 14.7. The number of ether oxygens (including phenoxy) is 2. The Balaban J connectivity index is 2.11. The van der Waals surface area contributed by atoms with Crippen molar-refractivity contribution in [3.8, 4) is 16.9 Å². The number of esters is 2. The van der Waals surface area contributed by atoms with Gasteiger partial charge in [-0.15, -0.1) is 0 Å². The Labute approximate surface area is 151 Å². The Hall–Kier alpha value is -3.21. The molecule has 134 valence electrons. The number of carbonyl (C=O) groups excluding carboxylic acids is 2. The molecule has 0 aliphatic rings. The van der Waals surface area contributed by atoms with Crippen LogP contribution in [0.2, 0.25) is 0 Å². The average molecular weight is 354 g/mol. The van der Waals surface area contributed by atoms with E-state index in [0.717, 1.165) is 5.56 Å². The van der Waals surface area contributed by atoms with Crippen LogP contribution in [0.3, 0.4) is 0 Å². The molecule has 0 heterocycles. The van der Waals surface area contributed by atoms with Gasteiger partial charge in [0, 0.05) is 16.7 Å². The molecule has 0 fully saturated rings. The van der Waals surface area contributed by atoms with Crippen molar-refractivity contribution < 1.29 is 23.5 Å². The molecular formula is C21H19FO4. The summed E-state index contributed by atoms with van der Waals surface area (Å²) >= 11 is 0. The highest BCUT2D eigenvalue weighted by Gasteiger charge is 2.10. The summed E-state index contributed by atoms with van der Waals surface area (Å²) in [5.74, 6) is -1.16. The van der Waals surface area contributed by atoms with E-state index in [1.54, 1.807) is 43.3 Å². The van der Waals surface area contributed by atoms with Gasteiger partial charge in [-0.05, 0) is 43.2 Å². The molecule has 4 nitrogen and oxygen atoms in total. The van der Waals surface area contributed by atoms with Gasteiger partial charge in [-0.2, -0.15) is 0 Å². The largest absolute Gasteiger partial charge is 0.457 e. The van der Waals surface area contributed by atoms with E-state index in [-0.39, 0.29) is 17.7 Å². The number of benzene rings is 2. The molecular weight excluding hydrogens is 335 g/mol. The van der Waals surface area contributed by atoms with Crippen LogP contribution >= 0.6 is 0 Å². The van der Waals surface area contributed by atoms with E-state index in [9.17, 15) is 14.0 Å². The van der Waals surface area contributed by atoms with E-state index in [1.807, 2.05) is 0 Å². The minimum atomic E-state index is -0.562. The second-order valence-corrected chi connectivity index (χ2v) is 5.86. The second kappa shape index (κ2) is 8.25. The summed E-state index contributed by atoms with van der Waals surface area (Å²) in [6.45, 7) is 9.92. The molecule has 2 aromatic rings. The third-order valence-corrected chi connectivity index (χ3v) is 3.51. The summed E-state index contributed by atoms with van der Waals surface area (Å²) < 4.78 is 24.3. The highest BCUT2D eigenvalue weighted by atomic mass is 19.1. The van der Waals surface area contributed by atoms with Gasteiger partial charge in [0.05, 0.1) is 0 Å². The number of halogens is 1. The molecule has 0 bridgehead atoms. The average Bonchev–Trinajstić information content (AvgIpc) is 2.60. The maximum absolute atomic E-state index is 14.2. The van der Waals surface area contributed by atoms with Gasteiger partial charge in [-0.25, -0.2) is 14.0 Å². The number of carbonyl (C=O) groups is 2. The molecule has 0 aliphatic carbocycles. The Morgan fingerprint density at radius 1 is 0.923 bits per heavy atom. The van der Waals surface area contributed by atoms with Crippen LogP contribution in [-0.2, 0) is 20.9 Å². The van der Waals surface area contributed by atoms with E-state index in [2.05, 4.69) is 13.2 Å². The molecule has 0 amide bonds. The summed E-state index contributed by atoms with van der Waals surface area (Å²) in [4.78, 5) is 22.9. The summed E-state index contributed by atoms with van der Waals surface area (Å²) in [6, 6.07) is 11.3. The molecule has 0 N–H and O–H groups in total. The van der Waals surface area contributed by atoms with Crippen molar-refractivity contribution in [1.82, 2.24) is 0 Å². The summed E-state index contributed by atoms with van der Waals surface area (Å²) in [7, 11) is 0. The van der Waals surface area contributed by atoms with Crippen LogP contribution in [0.15, 0.2) is 66.8 Å². The van der Waals surface area contributed by atoms with Gasteiger partial charge in [-0.1, -0.05) is 37.4 Å². The normalized spacial score (nSPS) is 10.1. The molecule has 0 atom stereocenters. The molecule has 0 radical (unpaired) electrons. The molecule has 0 aliphatic heterocycles. The Kier molecular flexibility index (Phi) is 6.07. The van der Waals surface area contributed by atoms with E-state index in [1.165, 1.54) is 13.0 Å². The fourth-order valence-corrected chi connectivity index (χ4v) is 2.02. The van der Waals surface area contributed by atoms with Crippen LogP contribution in [0.4, 0.5) is 4.39 Å². The van der Waals surface area contributed by atoms with Crippen LogP contribution in [0.5, 0.6) is 5.75 Å². The van der Waals surface area contributed by atoms with Crippen LogP contribution in [0.25, 0.3) is 11.1 Å². The maximum atomic E-state index is 14.2. The molecule has 2 aromatic carbocycles. The van der Waals surface area contributed by atoms with Gasteiger partial charge in [0.1, 0.15) is 18.2 Å². The van der Waals surface area contributed by atoms with E-state index >= 15 is 0 Å². The lowest BCUT2D eigenvalue weighted by Crippen LogP contribution is -2.07. The van der Waals surface area contributed by atoms with Crippen LogP contribution in [0.1, 0.15) is 19.4 Å². The van der Waals surface area contributed by atoms with Gasteiger partial charge < -0.3 is 9.47 Å². The molecule has 26 heavy (non-hydrogen) atoms. The monoisotopic (exact) mass is 354 g/mol. The van der Waals surface area contributed by atoms with Crippen molar-refractivity contribution in [1.29, 1.82) is 0 Å². The second-order valence-electron chi connectivity index (χ2n) is 5.86. The fourth-order valence-electron chi connectivity index (χ4n) is 2.02. The first kappa shape index (κ1) is 19.1. The molecule has 0 unspecified atom stereocenters. The van der Waals surface area contributed by atoms with Gasteiger partial charge in [0.15, 0.2) is 0 Å². The Morgan fingerprint density at radius 2 is 1.50 bits per heavy atom. The topological polar surface area (TPSA) is 52.6 Å². The van der Waals surface area contributed by atoms with Crippen LogP contribution < -0.4 is 4.74 Å². The SMILES string of the molecule is C=C(C)C(=O)OCc1ccc(-c2ccc(OC(=O)C(=C)C)cc2)cc1F. The fraction of sp³-hybridized carbons (Fsp3) is 0.143. The first-order valence-corrected chi connectivity index (χ1v) is 7.87. The van der Waals surface area contributed by atoms with Crippen LogP contribution in [0, 0.1) is 5.82 Å². The smallest absolute Gasteiger partial charge is 0.338 e. The zero-order chi connectivity index (χ0) is 19.3. The van der Waals surface area contributed by atoms with Gasteiger partial charge >= 0.3 is 11.9 Å². The molecule has 0 saturated carbocycles. The van der Waals surface area contributed by atoms with Crippen molar-refractivity contribution in [2.24, 2.45) is 0 Å². The summed E-state index contributed by atoms with van der Waals surface area (Å²) in [5, 5.41) is 0. The van der Waals surface area contributed by atoms with E-state index in [0.29, 0.717) is 16.9 Å². The summed E-state index contributed by atoms with van der Waals surface area (Å²) in [5.41, 5.74) is 2.24. The van der Waals surface area contributed by atoms with E-state index in [4.69, 9.17) is 9.47 Å². The highest BCUT2D eigenvalue weighted by molar-refractivity contribution is 5.88. The zero-order valence-electron chi connectivity index (χ0n) is 14.7. The molecule has 0 aromatic heterocycles. The van der Waals surface area contributed by atoms with Gasteiger partial charge in [-0.3, -0.25) is 0 Å². The van der Waals surface area contributed by atoms with Crippen molar-refractivity contribution in [2.75, 3.05) is 0 Å². The third-order valence-electron chi connectivity index (χ3n) is 3.51. The van der Waals surface area contributed by atoms with Gasteiger partial charge in [0.2, 0.25) is 0 Å². The van der Waals surface area contributed by atoms with E-state index < -0.39 is 17.8 Å². The van der Waals surface area contributed by atoms with Gasteiger partial charge in [0.25, 0.3) is 0 Å². The number of hydrogen-bond acceptors (Lipinski definition) is 4. The first-order valence-electron chi connectivity index (χ1n) is 7.87. The van der Waals surface area contributed by atoms with Crippen molar-refractivity contribution >= 4 is 11.9 Å². The van der Waals surface area contributed by atoms with Crippen molar-refractivity contribution in [3.05, 3.63) is 78.1 Å². The third kappa shape index (κ3) is 4.89. The summed E-state index contributed by atoms with van der Waals surface area (Å²) in [6.07, 6.45) is 0. The minimum absolute atomic E-state index is 0.159. The lowest BCUT2D eigenvalue weighted by atomic mass is 10.0. The van der Waals surface area contributed by atoms with Crippen molar-refractivity contribution in [2.45, 2.75) is 20.5 Å². The number of rotatable bonds is 6. The standard InChI is InChI=1S/C21H19FO4/c1-13(2)20(23)25-12-17-6-5-16(11-19(17)22)15-7-9-18(10-8-15)26-21(24)14(3)4/h5-11H,1,3,12H2,2,4H3. The maximum Gasteiger partial charge on any atom is 0.338 e. The lowest BCUT2D eigenvalue weighted by molar-refractivity contribution is -0.140. The molecule has 0 spiro atoms.